The first-order valence-electron chi connectivity index (χ1n) is 7.72. The van der Waals surface area contributed by atoms with Gasteiger partial charge in [0, 0.05) is 6.42 Å². The van der Waals surface area contributed by atoms with Crippen LogP contribution >= 0.6 is 0 Å². The quantitative estimate of drug-likeness (QED) is 0.915. The van der Waals surface area contributed by atoms with E-state index in [9.17, 15) is 14.3 Å². The summed E-state index contributed by atoms with van der Waals surface area (Å²) < 4.78 is 13.1. The Morgan fingerprint density at radius 1 is 1.17 bits per heavy atom. The van der Waals surface area contributed by atoms with Crippen LogP contribution in [0.3, 0.4) is 0 Å². The number of rotatable bonds is 3. The van der Waals surface area contributed by atoms with Crippen LogP contribution in [-0.2, 0) is 16.6 Å². The van der Waals surface area contributed by atoms with Crippen LogP contribution in [0.15, 0.2) is 48.5 Å². The van der Waals surface area contributed by atoms with Crippen LogP contribution in [0.25, 0.3) is 0 Å². The Hall–Kier alpha value is -2.20. The van der Waals surface area contributed by atoms with E-state index in [2.05, 4.69) is 5.32 Å². The number of hydrogen-bond acceptors (Lipinski definition) is 2. The molecule has 1 aliphatic rings. The summed E-state index contributed by atoms with van der Waals surface area (Å²) in [6.07, 6.45) is -0.0849. The summed E-state index contributed by atoms with van der Waals surface area (Å²) in [4.78, 5) is 12.7. The van der Waals surface area contributed by atoms with Gasteiger partial charge in [0.05, 0.1) is 17.6 Å². The summed E-state index contributed by atoms with van der Waals surface area (Å²) >= 11 is 0. The van der Waals surface area contributed by atoms with Gasteiger partial charge < -0.3 is 10.4 Å². The molecule has 4 heteroatoms. The molecule has 0 spiro atoms. The van der Waals surface area contributed by atoms with Crippen molar-refractivity contribution in [2.45, 2.75) is 37.8 Å². The summed E-state index contributed by atoms with van der Waals surface area (Å²) in [5.74, 6) is -0.519. The maximum Gasteiger partial charge on any atom is 0.230 e. The highest BCUT2D eigenvalue weighted by Gasteiger charge is 2.36. The third-order valence-corrected chi connectivity index (χ3v) is 4.62. The number of halogens is 1. The normalized spacial score (nSPS) is 20.2. The SMILES string of the molecule is CC(C)(C(=O)N[C@H]1c2ccccc2C[C@H]1O)c1ccc(F)cc1. The molecule has 0 heterocycles. The van der Waals surface area contributed by atoms with E-state index >= 15 is 0 Å². The first kappa shape index (κ1) is 15.7. The Morgan fingerprint density at radius 3 is 2.52 bits per heavy atom. The number of benzene rings is 2. The number of aliphatic hydroxyl groups is 1. The van der Waals surface area contributed by atoms with E-state index in [1.165, 1.54) is 12.1 Å². The smallest absolute Gasteiger partial charge is 0.230 e. The second kappa shape index (κ2) is 5.78. The maximum atomic E-state index is 13.1. The summed E-state index contributed by atoms with van der Waals surface area (Å²) in [6.45, 7) is 3.59. The zero-order valence-electron chi connectivity index (χ0n) is 13.2. The highest BCUT2D eigenvalue weighted by molar-refractivity contribution is 5.87. The minimum atomic E-state index is -0.815. The summed E-state index contributed by atoms with van der Waals surface area (Å²) in [5, 5.41) is 13.2. The van der Waals surface area contributed by atoms with E-state index in [4.69, 9.17) is 0 Å². The first-order valence-corrected chi connectivity index (χ1v) is 7.72. The third kappa shape index (κ3) is 2.86. The molecule has 3 rings (SSSR count). The van der Waals surface area contributed by atoms with Crippen LogP contribution in [0.4, 0.5) is 4.39 Å². The Kier molecular flexibility index (Phi) is 3.94. The van der Waals surface area contributed by atoms with Gasteiger partial charge in [0.2, 0.25) is 5.91 Å². The molecule has 2 aromatic rings. The number of nitrogens with one attached hydrogen (secondary N) is 1. The molecule has 0 saturated heterocycles. The highest BCUT2D eigenvalue weighted by Crippen LogP contribution is 2.33. The van der Waals surface area contributed by atoms with Crippen molar-refractivity contribution in [1.29, 1.82) is 0 Å². The van der Waals surface area contributed by atoms with Crippen molar-refractivity contribution >= 4 is 5.91 Å². The molecule has 0 unspecified atom stereocenters. The van der Waals surface area contributed by atoms with Crippen LogP contribution in [-0.4, -0.2) is 17.1 Å². The summed E-state index contributed by atoms with van der Waals surface area (Å²) in [6, 6.07) is 13.3. The second-order valence-electron chi connectivity index (χ2n) is 6.55. The van der Waals surface area contributed by atoms with Crippen LogP contribution in [0, 0.1) is 5.82 Å². The Labute approximate surface area is 135 Å². The zero-order valence-corrected chi connectivity index (χ0v) is 13.2. The lowest BCUT2D eigenvalue weighted by Gasteiger charge is -2.28. The van der Waals surface area contributed by atoms with Crippen molar-refractivity contribution in [2.24, 2.45) is 0 Å². The molecule has 0 fully saturated rings. The van der Waals surface area contributed by atoms with Gasteiger partial charge in [-0.3, -0.25) is 4.79 Å². The van der Waals surface area contributed by atoms with Crippen LogP contribution in [0.1, 0.15) is 36.6 Å². The molecule has 1 aliphatic carbocycles. The number of carbonyl (C=O) groups is 1. The molecular formula is C19H20FNO2. The molecule has 23 heavy (non-hydrogen) atoms. The van der Waals surface area contributed by atoms with Gasteiger partial charge in [0.15, 0.2) is 0 Å². The van der Waals surface area contributed by atoms with Crippen molar-refractivity contribution in [3.63, 3.8) is 0 Å². The molecule has 0 bridgehead atoms. The lowest BCUT2D eigenvalue weighted by atomic mass is 9.83. The average Bonchev–Trinajstić information content (AvgIpc) is 2.84. The Balaban J connectivity index is 1.82. The predicted octanol–water partition coefficient (Wildman–Crippen LogP) is 2.88. The van der Waals surface area contributed by atoms with Crippen molar-refractivity contribution < 1.29 is 14.3 Å². The number of carbonyl (C=O) groups excluding carboxylic acids is 1. The maximum absolute atomic E-state index is 13.1. The topological polar surface area (TPSA) is 49.3 Å². The Bertz CT molecular complexity index is 724. The fraction of sp³-hybridized carbons (Fsp3) is 0.316. The Morgan fingerprint density at radius 2 is 1.83 bits per heavy atom. The molecule has 120 valence electrons. The zero-order chi connectivity index (χ0) is 16.6. The number of aliphatic hydroxyl groups excluding tert-OH is 1. The fourth-order valence-electron chi connectivity index (χ4n) is 3.07. The summed E-state index contributed by atoms with van der Waals surface area (Å²) in [7, 11) is 0. The van der Waals surface area contributed by atoms with E-state index < -0.39 is 17.6 Å². The van der Waals surface area contributed by atoms with Crippen LogP contribution in [0.2, 0.25) is 0 Å². The molecular weight excluding hydrogens is 293 g/mol. The van der Waals surface area contributed by atoms with Gasteiger partial charge in [-0.1, -0.05) is 36.4 Å². The molecule has 1 amide bonds. The van der Waals surface area contributed by atoms with Gasteiger partial charge >= 0.3 is 0 Å². The van der Waals surface area contributed by atoms with Gasteiger partial charge in [-0.05, 0) is 42.7 Å². The fourth-order valence-corrected chi connectivity index (χ4v) is 3.07. The van der Waals surface area contributed by atoms with Crippen molar-refractivity contribution in [2.75, 3.05) is 0 Å². The van der Waals surface area contributed by atoms with E-state index in [-0.39, 0.29) is 11.7 Å². The molecule has 2 aromatic carbocycles. The lowest BCUT2D eigenvalue weighted by Crippen LogP contribution is -2.44. The second-order valence-corrected chi connectivity index (χ2v) is 6.55. The van der Waals surface area contributed by atoms with Gasteiger partial charge in [0.25, 0.3) is 0 Å². The monoisotopic (exact) mass is 313 g/mol. The largest absolute Gasteiger partial charge is 0.390 e. The molecule has 2 N–H and O–H groups in total. The van der Waals surface area contributed by atoms with Gasteiger partial charge in [-0.25, -0.2) is 4.39 Å². The minimum absolute atomic E-state index is 0.190. The van der Waals surface area contributed by atoms with E-state index in [0.29, 0.717) is 6.42 Å². The molecule has 0 aliphatic heterocycles. The standard InChI is InChI=1S/C19H20FNO2/c1-19(2,13-7-9-14(20)10-8-13)18(23)21-17-15-6-4-3-5-12(15)11-16(17)22/h3-10,16-17,22H,11H2,1-2H3,(H,21,23)/t16-,17+/m1/s1. The number of amides is 1. The first-order chi connectivity index (χ1) is 10.9. The van der Waals surface area contributed by atoms with Gasteiger partial charge in [-0.15, -0.1) is 0 Å². The molecule has 0 radical (unpaired) electrons. The average molecular weight is 313 g/mol. The molecule has 0 aromatic heterocycles. The molecule has 3 nitrogen and oxygen atoms in total. The summed E-state index contributed by atoms with van der Waals surface area (Å²) in [5.41, 5.74) is 1.94. The number of fused-ring (bicyclic) bond motifs is 1. The van der Waals surface area contributed by atoms with E-state index in [0.717, 1.165) is 16.7 Å². The van der Waals surface area contributed by atoms with Crippen molar-refractivity contribution in [1.82, 2.24) is 5.32 Å². The third-order valence-electron chi connectivity index (χ3n) is 4.62. The predicted molar refractivity (Wildman–Crippen MR) is 86.5 cm³/mol. The van der Waals surface area contributed by atoms with E-state index in [1.54, 1.807) is 26.0 Å². The van der Waals surface area contributed by atoms with Crippen molar-refractivity contribution in [3.8, 4) is 0 Å². The minimum Gasteiger partial charge on any atom is -0.390 e. The van der Waals surface area contributed by atoms with Crippen LogP contribution < -0.4 is 5.32 Å². The number of hydrogen-bond donors (Lipinski definition) is 2. The molecule has 0 saturated carbocycles. The van der Waals surface area contributed by atoms with Crippen molar-refractivity contribution in [3.05, 3.63) is 71.0 Å². The van der Waals surface area contributed by atoms with Gasteiger partial charge in [-0.2, -0.15) is 0 Å². The van der Waals surface area contributed by atoms with Gasteiger partial charge in [0.1, 0.15) is 5.82 Å². The highest BCUT2D eigenvalue weighted by atomic mass is 19.1. The lowest BCUT2D eigenvalue weighted by molar-refractivity contribution is -0.127. The van der Waals surface area contributed by atoms with Crippen LogP contribution in [0.5, 0.6) is 0 Å². The molecule has 2 atom stereocenters. The van der Waals surface area contributed by atoms with E-state index in [1.807, 2.05) is 24.3 Å².